The zero-order valence-corrected chi connectivity index (χ0v) is 32.1. The summed E-state index contributed by atoms with van der Waals surface area (Å²) >= 11 is 3.68. The van der Waals surface area contributed by atoms with Crippen LogP contribution < -0.4 is 0 Å². The van der Waals surface area contributed by atoms with Crippen LogP contribution >= 0.6 is 22.7 Å². The van der Waals surface area contributed by atoms with Crippen LogP contribution in [-0.4, -0.2) is 19.5 Å². The molecule has 0 radical (unpaired) electrons. The van der Waals surface area contributed by atoms with Gasteiger partial charge in [-0.1, -0.05) is 140 Å². The quantitative estimate of drug-likeness (QED) is 0.175. The van der Waals surface area contributed by atoms with Crippen molar-refractivity contribution in [3.63, 3.8) is 0 Å². The van der Waals surface area contributed by atoms with Crippen LogP contribution in [0.3, 0.4) is 0 Å². The molecule has 0 amide bonds. The molecule has 0 N–H and O–H groups in total. The van der Waals surface area contributed by atoms with E-state index < -0.39 is 0 Å². The van der Waals surface area contributed by atoms with Crippen molar-refractivity contribution in [2.75, 3.05) is 0 Å². The third-order valence-corrected chi connectivity index (χ3v) is 13.5. The lowest BCUT2D eigenvalue weighted by Crippen LogP contribution is -2.00. The Balaban J connectivity index is 0.996. The Bertz CT molecular complexity index is 3410. The normalized spacial score (nSPS) is 11.9. The zero-order valence-electron chi connectivity index (χ0n) is 30.4. The standard InChI is InChI=1S/C51H30N4S2/c1-3-13-31(14-4-1)49-52-50(32-15-5-2-6-16-32)54-51(53-49)41-22-12-21-40-39-20-11-19-35(47(39)57-48(40)41)33-25-28-45-42(29-33)38-27-26-34(30-46(38)56-45)55-43-23-9-7-17-36(43)37-18-8-10-24-44(37)55/h1-30H. The fourth-order valence-electron chi connectivity index (χ4n) is 8.43. The molecule has 57 heavy (non-hydrogen) atoms. The topological polar surface area (TPSA) is 43.6 Å². The average molecular weight is 763 g/mol. The van der Waals surface area contributed by atoms with Crippen molar-refractivity contribution in [3.05, 3.63) is 182 Å². The smallest absolute Gasteiger partial charge is 0.165 e. The Morgan fingerprint density at radius 2 is 0.895 bits per heavy atom. The number of nitrogens with zero attached hydrogens (tertiary/aromatic N) is 4. The van der Waals surface area contributed by atoms with Gasteiger partial charge in [0, 0.05) is 73.5 Å². The molecule has 0 saturated heterocycles. The van der Waals surface area contributed by atoms with E-state index in [1.807, 2.05) is 59.1 Å². The number of aromatic nitrogens is 4. The molecule has 266 valence electrons. The highest BCUT2D eigenvalue weighted by Gasteiger charge is 2.19. The second-order valence-electron chi connectivity index (χ2n) is 14.4. The number of hydrogen-bond donors (Lipinski definition) is 0. The first-order valence-electron chi connectivity index (χ1n) is 19.0. The van der Waals surface area contributed by atoms with Crippen molar-refractivity contribution >= 4 is 84.8 Å². The van der Waals surface area contributed by atoms with E-state index in [9.17, 15) is 0 Å². The molecule has 0 unspecified atom stereocenters. The Labute approximate surface area is 335 Å². The summed E-state index contributed by atoms with van der Waals surface area (Å²) < 4.78 is 7.40. The van der Waals surface area contributed by atoms with Gasteiger partial charge in [-0.2, -0.15) is 0 Å². The monoisotopic (exact) mass is 762 g/mol. The second kappa shape index (κ2) is 12.8. The largest absolute Gasteiger partial charge is 0.309 e. The number of benzene rings is 8. The van der Waals surface area contributed by atoms with E-state index in [-0.39, 0.29) is 0 Å². The van der Waals surface area contributed by atoms with Gasteiger partial charge in [0.1, 0.15) is 0 Å². The second-order valence-corrected chi connectivity index (χ2v) is 16.5. The van der Waals surface area contributed by atoms with Gasteiger partial charge in [-0.25, -0.2) is 15.0 Å². The summed E-state index contributed by atoms with van der Waals surface area (Å²) in [5.74, 6) is 2.00. The van der Waals surface area contributed by atoms with Gasteiger partial charge in [-0.3, -0.25) is 0 Å². The summed E-state index contributed by atoms with van der Waals surface area (Å²) in [7, 11) is 0. The van der Waals surface area contributed by atoms with Gasteiger partial charge in [0.15, 0.2) is 17.5 Å². The van der Waals surface area contributed by atoms with E-state index in [2.05, 4.69) is 150 Å². The van der Waals surface area contributed by atoms with E-state index in [0.29, 0.717) is 17.5 Å². The Morgan fingerprint density at radius 1 is 0.333 bits per heavy atom. The van der Waals surface area contributed by atoms with Crippen LogP contribution in [0.5, 0.6) is 0 Å². The highest BCUT2D eigenvalue weighted by Crippen LogP contribution is 2.45. The number of thiophene rings is 2. The highest BCUT2D eigenvalue weighted by molar-refractivity contribution is 7.27. The van der Waals surface area contributed by atoms with Gasteiger partial charge >= 0.3 is 0 Å². The first-order chi connectivity index (χ1) is 28.2. The van der Waals surface area contributed by atoms with Crippen LogP contribution in [0.25, 0.3) is 113 Å². The maximum Gasteiger partial charge on any atom is 0.165 e. The maximum absolute atomic E-state index is 5.09. The molecular weight excluding hydrogens is 733 g/mol. The predicted molar refractivity (Wildman–Crippen MR) is 242 cm³/mol. The molecule has 4 aromatic heterocycles. The molecule has 0 aliphatic rings. The molecule has 0 atom stereocenters. The third kappa shape index (κ3) is 5.15. The molecule has 0 bridgehead atoms. The van der Waals surface area contributed by atoms with Crippen molar-refractivity contribution in [2.45, 2.75) is 0 Å². The van der Waals surface area contributed by atoms with E-state index in [0.717, 1.165) is 16.7 Å². The number of rotatable bonds is 5. The summed E-state index contributed by atoms with van der Waals surface area (Å²) in [5, 5.41) is 7.56. The number of hydrogen-bond acceptors (Lipinski definition) is 5. The molecule has 0 aliphatic carbocycles. The lowest BCUT2D eigenvalue weighted by molar-refractivity contribution is 1.08. The lowest BCUT2D eigenvalue weighted by atomic mass is 10.00. The van der Waals surface area contributed by atoms with Crippen molar-refractivity contribution in [3.8, 4) is 51.0 Å². The summed E-state index contributed by atoms with van der Waals surface area (Å²) in [6.07, 6.45) is 0. The van der Waals surface area contributed by atoms with Crippen molar-refractivity contribution in [1.82, 2.24) is 19.5 Å². The minimum absolute atomic E-state index is 0.664. The maximum atomic E-state index is 5.09. The van der Waals surface area contributed by atoms with E-state index in [1.54, 1.807) is 0 Å². The fraction of sp³-hybridized carbons (Fsp3) is 0. The Hall–Kier alpha value is -6.99. The summed E-state index contributed by atoms with van der Waals surface area (Å²) in [6.45, 7) is 0. The molecule has 0 spiro atoms. The molecule has 12 aromatic rings. The molecule has 4 nitrogen and oxygen atoms in total. The molecule has 4 heterocycles. The van der Waals surface area contributed by atoms with Crippen LogP contribution in [0.4, 0.5) is 0 Å². The number of para-hydroxylation sites is 2. The lowest BCUT2D eigenvalue weighted by Gasteiger charge is -2.09. The Kier molecular flexibility index (Phi) is 7.24. The van der Waals surface area contributed by atoms with Gasteiger partial charge in [0.2, 0.25) is 0 Å². The van der Waals surface area contributed by atoms with Gasteiger partial charge in [0.25, 0.3) is 0 Å². The first kappa shape index (κ1) is 32.3. The molecule has 0 fully saturated rings. The van der Waals surface area contributed by atoms with Crippen molar-refractivity contribution in [2.24, 2.45) is 0 Å². The van der Waals surface area contributed by atoms with Crippen LogP contribution in [0.2, 0.25) is 0 Å². The summed E-state index contributed by atoms with van der Waals surface area (Å²) in [4.78, 5) is 15.1. The minimum Gasteiger partial charge on any atom is -0.309 e. The van der Waals surface area contributed by atoms with E-state index in [4.69, 9.17) is 15.0 Å². The van der Waals surface area contributed by atoms with Crippen LogP contribution in [0.15, 0.2) is 182 Å². The molecule has 12 rings (SSSR count). The van der Waals surface area contributed by atoms with Crippen LogP contribution in [0, 0.1) is 0 Å². The molecular formula is C51H30N4S2. The van der Waals surface area contributed by atoms with E-state index >= 15 is 0 Å². The minimum atomic E-state index is 0.664. The third-order valence-electron chi connectivity index (χ3n) is 11.1. The Morgan fingerprint density at radius 3 is 1.56 bits per heavy atom. The average Bonchev–Trinajstić information content (AvgIpc) is 3.96. The molecule has 0 saturated carbocycles. The van der Waals surface area contributed by atoms with Gasteiger partial charge in [0.05, 0.1) is 11.0 Å². The highest BCUT2D eigenvalue weighted by atomic mass is 32.1. The van der Waals surface area contributed by atoms with E-state index in [1.165, 1.54) is 79.0 Å². The van der Waals surface area contributed by atoms with Crippen LogP contribution in [-0.2, 0) is 0 Å². The fourth-order valence-corrected chi connectivity index (χ4v) is 10.9. The summed E-state index contributed by atoms with van der Waals surface area (Å²) in [5.41, 5.74) is 9.01. The van der Waals surface area contributed by atoms with Gasteiger partial charge < -0.3 is 4.57 Å². The molecule has 8 aromatic carbocycles. The van der Waals surface area contributed by atoms with Crippen molar-refractivity contribution in [1.29, 1.82) is 0 Å². The molecule has 0 aliphatic heterocycles. The van der Waals surface area contributed by atoms with Crippen molar-refractivity contribution < 1.29 is 0 Å². The first-order valence-corrected chi connectivity index (χ1v) is 20.7. The number of fused-ring (bicyclic) bond motifs is 9. The van der Waals surface area contributed by atoms with Gasteiger partial charge in [-0.05, 0) is 53.6 Å². The molecule has 6 heteroatoms. The van der Waals surface area contributed by atoms with Gasteiger partial charge in [-0.15, -0.1) is 22.7 Å². The SMILES string of the molecule is c1ccc(-c2nc(-c3ccccc3)nc(-c3cccc4c3sc3c(-c5ccc6sc7cc(-n8c9ccccc9c9ccccc98)ccc7c6c5)cccc34)n2)cc1. The predicted octanol–water partition coefficient (Wildman–Crippen LogP) is 14.4. The zero-order chi connectivity index (χ0) is 37.5. The summed E-state index contributed by atoms with van der Waals surface area (Å²) in [6, 6.07) is 64.9. The van der Waals surface area contributed by atoms with Crippen LogP contribution in [0.1, 0.15) is 0 Å².